The van der Waals surface area contributed by atoms with Crippen LogP contribution in [0.15, 0.2) is 30.0 Å². The van der Waals surface area contributed by atoms with E-state index in [1.807, 2.05) is 13.0 Å². The lowest BCUT2D eigenvalue weighted by Gasteiger charge is -2.07. The number of ether oxygens (including phenoxy) is 2. The summed E-state index contributed by atoms with van der Waals surface area (Å²) >= 11 is 11.0. The summed E-state index contributed by atoms with van der Waals surface area (Å²) in [7, 11) is 3.12. The first-order chi connectivity index (χ1) is 8.08. The molecule has 5 heteroatoms. The van der Waals surface area contributed by atoms with Crippen LogP contribution in [0, 0.1) is 0 Å². The molecule has 0 aliphatic rings. The van der Waals surface area contributed by atoms with Crippen molar-refractivity contribution in [2.45, 2.75) is 6.92 Å². The largest absolute Gasteiger partial charge is 0.495 e. The average Bonchev–Trinajstić information content (AvgIpc) is 2.35. The first-order valence-corrected chi connectivity index (χ1v) is 5.72. The van der Waals surface area contributed by atoms with Gasteiger partial charge in [-0.15, -0.1) is 0 Å². The highest BCUT2D eigenvalue weighted by molar-refractivity contribution is 7.80. The van der Waals surface area contributed by atoms with Gasteiger partial charge in [-0.05, 0) is 37.3 Å². The lowest BCUT2D eigenvalue weighted by molar-refractivity contribution is 0.414. The molecule has 92 valence electrons. The molecule has 0 aromatic heterocycles. The van der Waals surface area contributed by atoms with Gasteiger partial charge in [0.25, 0.3) is 0 Å². The molecule has 0 unspecified atom stereocenters. The third kappa shape index (κ3) is 3.91. The third-order valence-corrected chi connectivity index (χ3v) is 2.90. The van der Waals surface area contributed by atoms with Crippen LogP contribution in [0.5, 0.6) is 5.75 Å². The monoisotopic (exact) mass is 271 g/mol. The predicted molar refractivity (Wildman–Crippen MR) is 75.0 cm³/mol. The van der Waals surface area contributed by atoms with Crippen LogP contribution in [0.2, 0.25) is 5.02 Å². The Morgan fingerprint density at radius 3 is 2.65 bits per heavy atom. The van der Waals surface area contributed by atoms with Crippen LogP contribution < -0.4 is 10.1 Å². The number of anilines is 1. The van der Waals surface area contributed by atoms with Crippen molar-refractivity contribution < 1.29 is 9.47 Å². The second-order valence-corrected chi connectivity index (χ2v) is 4.09. The van der Waals surface area contributed by atoms with Gasteiger partial charge in [-0.25, -0.2) is 0 Å². The zero-order valence-corrected chi connectivity index (χ0v) is 11.5. The summed E-state index contributed by atoms with van der Waals surface area (Å²) in [5, 5.41) is 4.09. The number of methoxy groups -OCH3 is 2. The highest BCUT2D eigenvalue weighted by Gasteiger charge is 2.01. The third-order valence-electron chi connectivity index (χ3n) is 2.11. The molecule has 1 N–H and O–H groups in total. The Balaban J connectivity index is 2.76. The molecule has 1 aromatic carbocycles. The van der Waals surface area contributed by atoms with Gasteiger partial charge in [0.15, 0.2) is 5.05 Å². The van der Waals surface area contributed by atoms with E-state index in [1.54, 1.807) is 32.6 Å². The van der Waals surface area contributed by atoms with Crippen molar-refractivity contribution in [3.8, 4) is 5.75 Å². The van der Waals surface area contributed by atoms with Crippen LogP contribution in [0.3, 0.4) is 0 Å². The molecule has 1 aromatic rings. The summed E-state index contributed by atoms with van der Waals surface area (Å²) < 4.78 is 10.0. The Morgan fingerprint density at radius 1 is 1.41 bits per heavy atom. The van der Waals surface area contributed by atoms with Crippen LogP contribution >= 0.6 is 23.8 Å². The molecule has 0 atom stereocenters. The quantitative estimate of drug-likeness (QED) is 0.669. The summed E-state index contributed by atoms with van der Waals surface area (Å²) in [5.41, 5.74) is 1.70. The molecule has 0 saturated heterocycles. The van der Waals surface area contributed by atoms with Crippen molar-refractivity contribution in [1.29, 1.82) is 0 Å². The van der Waals surface area contributed by atoms with E-state index in [1.165, 1.54) is 0 Å². The Labute approximate surface area is 111 Å². The fraction of sp³-hybridized carbons (Fsp3) is 0.250. The average molecular weight is 272 g/mol. The molecule has 0 saturated carbocycles. The van der Waals surface area contributed by atoms with Crippen molar-refractivity contribution in [1.82, 2.24) is 0 Å². The first-order valence-electron chi connectivity index (χ1n) is 4.93. The summed E-state index contributed by atoms with van der Waals surface area (Å²) in [4.78, 5) is 0. The van der Waals surface area contributed by atoms with Gasteiger partial charge in [-0.3, -0.25) is 0 Å². The molecular formula is C12H14ClNO2S. The molecule has 0 spiro atoms. The minimum Gasteiger partial charge on any atom is -0.495 e. The van der Waals surface area contributed by atoms with Crippen LogP contribution in [-0.4, -0.2) is 19.3 Å². The summed E-state index contributed by atoms with van der Waals surface area (Å²) in [6.45, 7) is 1.87. The van der Waals surface area contributed by atoms with Gasteiger partial charge in [0.05, 0.1) is 19.2 Å². The minimum atomic E-state index is 0.456. The fourth-order valence-corrected chi connectivity index (χ4v) is 1.48. The van der Waals surface area contributed by atoms with Crippen molar-refractivity contribution >= 4 is 34.6 Å². The number of rotatable bonds is 4. The normalized spacial score (nSPS) is 10.9. The molecule has 3 nitrogen and oxygen atoms in total. The van der Waals surface area contributed by atoms with Crippen molar-refractivity contribution in [3.05, 3.63) is 35.0 Å². The van der Waals surface area contributed by atoms with Gasteiger partial charge in [0, 0.05) is 17.5 Å². The van der Waals surface area contributed by atoms with Gasteiger partial charge in [0.2, 0.25) is 0 Å². The summed E-state index contributed by atoms with van der Waals surface area (Å²) in [5.74, 6) is 0.644. The highest BCUT2D eigenvalue weighted by Crippen LogP contribution is 2.27. The zero-order valence-electron chi connectivity index (χ0n) is 9.91. The van der Waals surface area contributed by atoms with E-state index in [2.05, 4.69) is 5.32 Å². The molecule has 0 radical (unpaired) electrons. The van der Waals surface area contributed by atoms with E-state index in [0.717, 1.165) is 11.3 Å². The van der Waals surface area contributed by atoms with Crippen molar-refractivity contribution in [2.75, 3.05) is 19.5 Å². The Bertz CT molecular complexity index is 446. The van der Waals surface area contributed by atoms with Crippen molar-refractivity contribution in [3.63, 3.8) is 0 Å². The van der Waals surface area contributed by atoms with Gasteiger partial charge in [0.1, 0.15) is 5.75 Å². The topological polar surface area (TPSA) is 30.5 Å². The van der Waals surface area contributed by atoms with E-state index in [0.29, 0.717) is 15.8 Å². The molecule has 0 aliphatic heterocycles. The number of hydrogen-bond donors (Lipinski definition) is 1. The molecule has 0 heterocycles. The molecule has 0 aliphatic carbocycles. The molecular weight excluding hydrogens is 258 g/mol. The van der Waals surface area contributed by atoms with E-state index in [-0.39, 0.29) is 0 Å². The van der Waals surface area contributed by atoms with Crippen LogP contribution in [-0.2, 0) is 4.74 Å². The minimum absolute atomic E-state index is 0.456. The molecule has 0 amide bonds. The summed E-state index contributed by atoms with van der Waals surface area (Å²) in [6.07, 6.45) is 1.77. The Morgan fingerprint density at radius 2 is 2.12 bits per heavy atom. The first kappa shape index (κ1) is 13.8. The number of halogens is 1. The van der Waals surface area contributed by atoms with Gasteiger partial charge in [-0.2, -0.15) is 0 Å². The molecule has 17 heavy (non-hydrogen) atoms. The fourth-order valence-electron chi connectivity index (χ4n) is 1.17. The van der Waals surface area contributed by atoms with Crippen LogP contribution in [0.4, 0.5) is 5.69 Å². The number of benzene rings is 1. The van der Waals surface area contributed by atoms with Crippen molar-refractivity contribution in [2.24, 2.45) is 0 Å². The maximum Gasteiger partial charge on any atom is 0.187 e. The highest BCUT2D eigenvalue weighted by atomic mass is 35.5. The Kier molecular flexibility index (Phi) is 5.25. The standard InChI is InChI=1S/C12H14ClNO2S/c1-8(12(17)16-3)7-14-9-4-5-11(15-2)10(13)6-9/h4-7,14H,1-3H3. The number of thiocarbonyl (C=S) groups is 1. The summed E-state index contributed by atoms with van der Waals surface area (Å²) in [6, 6.07) is 5.44. The number of hydrogen-bond acceptors (Lipinski definition) is 4. The van der Waals surface area contributed by atoms with E-state index < -0.39 is 0 Å². The lowest BCUT2D eigenvalue weighted by Crippen LogP contribution is -2.01. The van der Waals surface area contributed by atoms with Crippen LogP contribution in [0.1, 0.15) is 6.92 Å². The van der Waals surface area contributed by atoms with Gasteiger partial charge < -0.3 is 14.8 Å². The maximum atomic E-state index is 6.00. The second kappa shape index (κ2) is 6.47. The molecule has 1 rings (SSSR count). The van der Waals surface area contributed by atoms with Crippen LogP contribution in [0.25, 0.3) is 0 Å². The predicted octanol–water partition coefficient (Wildman–Crippen LogP) is 3.64. The van der Waals surface area contributed by atoms with E-state index >= 15 is 0 Å². The van der Waals surface area contributed by atoms with Gasteiger partial charge in [-0.1, -0.05) is 11.6 Å². The second-order valence-electron chi connectivity index (χ2n) is 3.31. The van der Waals surface area contributed by atoms with E-state index in [4.69, 9.17) is 33.3 Å². The maximum absolute atomic E-state index is 6.00. The van der Waals surface area contributed by atoms with E-state index in [9.17, 15) is 0 Å². The zero-order chi connectivity index (χ0) is 12.8. The lowest BCUT2D eigenvalue weighted by atomic mass is 10.3. The van der Waals surface area contributed by atoms with Gasteiger partial charge >= 0.3 is 0 Å². The SMILES string of the molecule is COC(=S)C(C)=CNc1ccc(OC)c(Cl)c1. The Hall–Kier alpha value is -1.26. The molecule has 0 fully saturated rings. The number of nitrogens with one attached hydrogen (secondary N) is 1. The molecule has 0 bridgehead atoms. The smallest absolute Gasteiger partial charge is 0.187 e.